The van der Waals surface area contributed by atoms with Crippen molar-refractivity contribution in [3.8, 4) is 0 Å². The number of carbonyl (C=O) groups is 1. The minimum Gasteiger partial charge on any atom is -0.481 e. The Hall–Kier alpha value is -1.77. The van der Waals surface area contributed by atoms with Gasteiger partial charge in [-0.25, -0.2) is 0 Å². The molecule has 18 heavy (non-hydrogen) atoms. The smallest absolute Gasteiger partial charge is 0.304 e. The number of rotatable bonds is 6. The van der Waals surface area contributed by atoms with Gasteiger partial charge >= 0.3 is 5.97 Å². The van der Waals surface area contributed by atoms with E-state index in [9.17, 15) is 4.79 Å². The van der Waals surface area contributed by atoms with Gasteiger partial charge in [0.15, 0.2) is 0 Å². The van der Waals surface area contributed by atoms with Crippen LogP contribution in [-0.2, 0) is 4.79 Å². The van der Waals surface area contributed by atoms with Gasteiger partial charge in [0.05, 0.1) is 6.42 Å². The highest BCUT2D eigenvalue weighted by molar-refractivity contribution is 5.71. The molecule has 1 aliphatic heterocycles. The number of carboxylic acids is 1. The van der Waals surface area contributed by atoms with E-state index in [2.05, 4.69) is 23.6 Å². The molecule has 0 fully saturated rings. The number of fused-ring (bicyclic) bond motifs is 1. The van der Waals surface area contributed by atoms with Crippen molar-refractivity contribution in [1.29, 1.82) is 0 Å². The third-order valence-corrected chi connectivity index (χ3v) is 3.42. The standard InChI is InChI=1S/C15H19NO2/c1-2-3-6-9-16-11-12(10-15(17)18)13-7-4-5-8-14(13)16/h2,4-5,7-8,12H,1,3,6,9-11H2,(H,17,18). The zero-order chi connectivity index (χ0) is 13.0. The second-order valence-corrected chi connectivity index (χ2v) is 4.73. The molecule has 96 valence electrons. The molecular formula is C15H19NO2. The number of unbranched alkanes of at least 4 members (excludes halogenated alkanes) is 1. The number of hydrogen-bond donors (Lipinski definition) is 1. The number of nitrogens with zero attached hydrogens (tertiary/aromatic N) is 1. The number of anilines is 1. The van der Waals surface area contributed by atoms with Gasteiger partial charge in [0.1, 0.15) is 0 Å². The molecule has 0 bridgehead atoms. The first kappa shape index (κ1) is 12.7. The van der Waals surface area contributed by atoms with Gasteiger partial charge < -0.3 is 10.0 Å². The summed E-state index contributed by atoms with van der Waals surface area (Å²) < 4.78 is 0. The van der Waals surface area contributed by atoms with E-state index in [4.69, 9.17) is 5.11 Å². The summed E-state index contributed by atoms with van der Waals surface area (Å²) in [5, 5.41) is 8.97. The molecule has 0 aliphatic carbocycles. The molecule has 1 aliphatic rings. The summed E-state index contributed by atoms with van der Waals surface area (Å²) >= 11 is 0. The zero-order valence-electron chi connectivity index (χ0n) is 10.5. The van der Waals surface area contributed by atoms with E-state index >= 15 is 0 Å². The fraction of sp³-hybridized carbons (Fsp3) is 0.400. The molecule has 1 aromatic carbocycles. The highest BCUT2D eigenvalue weighted by Gasteiger charge is 2.29. The summed E-state index contributed by atoms with van der Waals surface area (Å²) in [4.78, 5) is 13.2. The Morgan fingerprint density at radius 2 is 2.28 bits per heavy atom. The van der Waals surface area contributed by atoms with Crippen LogP contribution in [0.3, 0.4) is 0 Å². The van der Waals surface area contributed by atoms with Crippen LogP contribution < -0.4 is 4.90 Å². The van der Waals surface area contributed by atoms with Gasteiger partial charge in [-0.05, 0) is 24.5 Å². The second kappa shape index (κ2) is 5.71. The predicted molar refractivity (Wildman–Crippen MR) is 73.1 cm³/mol. The molecule has 0 spiro atoms. The Balaban J connectivity index is 2.11. The fourth-order valence-corrected chi connectivity index (χ4v) is 2.61. The van der Waals surface area contributed by atoms with Crippen molar-refractivity contribution in [3.63, 3.8) is 0 Å². The van der Waals surface area contributed by atoms with Gasteiger partial charge in [0.25, 0.3) is 0 Å². The number of hydrogen-bond acceptors (Lipinski definition) is 2. The fourth-order valence-electron chi connectivity index (χ4n) is 2.61. The lowest BCUT2D eigenvalue weighted by Crippen LogP contribution is -2.23. The van der Waals surface area contributed by atoms with Crippen LogP contribution in [0.1, 0.15) is 30.7 Å². The number of aliphatic carboxylic acids is 1. The number of allylic oxidation sites excluding steroid dienone is 1. The SMILES string of the molecule is C=CCCCN1CC(CC(=O)O)c2ccccc21. The van der Waals surface area contributed by atoms with Crippen LogP contribution >= 0.6 is 0 Å². The molecule has 2 rings (SSSR count). The number of benzene rings is 1. The molecule has 1 atom stereocenters. The van der Waals surface area contributed by atoms with Crippen LogP contribution in [-0.4, -0.2) is 24.2 Å². The predicted octanol–water partition coefficient (Wildman–Crippen LogP) is 3.03. The Morgan fingerprint density at radius 1 is 1.50 bits per heavy atom. The maximum atomic E-state index is 10.9. The molecule has 0 amide bonds. The third kappa shape index (κ3) is 2.73. The first-order valence-electron chi connectivity index (χ1n) is 6.39. The van der Waals surface area contributed by atoms with Crippen LogP contribution in [0.4, 0.5) is 5.69 Å². The highest BCUT2D eigenvalue weighted by atomic mass is 16.4. The van der Waals surface area contributed by atoms with Crippen molar-refractivity contribution in [2.75, 3.05) is 18.0 Å². The van der Waals surface area contributed by atoms with Gasteiger partial charge in [0, 0.05) is 24.7 Å². The largest absolute Gasteiger partial charge is 0.481 e. The summed E-state index contributed by atoms with van der Waals surface area (Å²) in [6.07, 6.45) is 4.21. The zero-order valence-corrected chi connectivity index (χ0v) is 10.5. The Labute approximate surface area is 108 Å². The van der Waals surface area contributed by atoms with Crippen LogP contribution in [0.15, 0.2) is 36.9 Å². The molecule has 0 saturated carbocycles. The van der Waals surface area contributed by atoms with Crippen molar-refractivity contribution in [3.05, 3.63) is 42.5 Å². The molecule has 0 saturated heterocycles. The van der Waals surface area contributed by atoms with Crippen molar-refractivity contribution < 1.29 is 9.90 Å². The maximum absolute atomic E-state index is 10.9. The number of carboxylic acid groups (broad SMARTS) is 1. The maximum Gasteiger partial charge on any atom is 0.304 e. The average Bonchev–Trinajstić information content (AvgIpc) is 2.68. The van der Waals surface area contributed by atoms with Crippen molar-refractivity contribution in [2.24, 2.45) is 0 Å². The molecule has 1 N–H and O–H groups in total. The molecule has 3 heteroatoms. The lowest BCUT2D eigenvalue weighted by molar-refractivity contribution is -0.137. The summed E-state index contributed by atoms with van der Waals surface area (Å²) in [6, 6.07) is 8.14. The van der Waals surface area contributed by atoms with Gasteiger partial charge in [-0.1, -0.05) is 24.3 Å². The van der Waals surface area contributed by atoms with Crippen molar-refractivity contribution in [1.82, 2.24) is 0 Å². The molecule has 1 unspecified atom stereocenters. The van der Waals surface area contributed by atoms with Gasteiger partial charge in [-0.3, -0.25) is 4.79 Å². The average molecular weight is 245 g/mol. The van der Waals surface area contributed by atoms with Crippen LogP contribution in [0.5, 0.6) is 0 Å². The Morgan fingerprint density at radius 3 is 3.00 bits per heavy atom. The molecule has 0 radical (unpaired) electrons. The van der Waals surface area contributed by atoms with Crippen LogP contribution in [0.25, 0.3) is 0 Å². The molecule has 1 aromatic rings. The topological polar surface area (TPSA) is 40.5 Å². The van der Waals surface area contributed by atoms with Crippen molar-refractivity contribution in [2.45, 2.75) is 25.2 Å². The van der Waals surface area contributed by atoms with E-state index in [0.29, 0.717) is 0 Å². The van der Waals surface area contributed by atoms with E-state index in [-0.39, 0.29) is 12.3 Å². The Kier molecular flexibility index (Phi) is 4.03. The van der Waals surface area contributed by atoms with E-state index in [1.54, 1.807) is 0 Å². The van der Waals surface area contributed by atoms with Crippen LogP contribution in [0, 0.1) is 0 Å². The lowest BCUT2D eigenvalue weighted by Gasteiger charge is -2.19. The number of para-hydroxylation sites is 1. The van der Waals surface area contributed by atoms with E-state index in [1.165, 1.54) is 11.3 Å². The summed E-state index contributed by atoms with van der Waals surface area (Å²) in [5.41, 5.74) is 2.38. The molecule has 1 heterocycles. The second-order valence-electron chi connectivity index (χ2n) is 4.73. The highest BCUT2D eigenvalue weighted by Crippen LogP contribution is 2.37. The monoisotopic (exact) mass is 245 g/mol. The first-order valence-corrected chi connectivity index (χ1v) is 6.39. The normalized spacial score (nSPS) is 17.6. The van der Waals surface area contributed by atoms with Gasteiger partial charge in [-0.15, -0.1) is 6.58 Å². The lowest BCUT2D eigenvalue weighted by atomic mass is 9.98. The summed E-state index contributed by atoms with van der Waals surface area (Å²) in [7, 11) is 0. The quantitative estimate of drug-likeness (QED) is 0.618. The summed E-state index contributed by atoms with van der Waals surface area (Å²) in [5.74, 6) is -0.592. The van der Waals surface area contributed by atoms with E-state index < -0.39 is 5.97 Å². The van der Waals surface area contributed by atoms with E-state index in [0.717, 1.165) is 25.9 Å². The molecule has 0 aromatic heterocycles. The van der Waals surface area contributed by atoms with E-state index in [1.807, 2.05) is 18.2 Å². The first-order chi connectivity index (χ1) is 8.72. The third-order valence-electron chi connectivity index (χ3n) is 3.42. The van der Waals surface area contributed by atoms with Crippen molar-refractivity contribution >= 4 is 11.7 Å². The Bertz CT molecular complexity index is 442. The van der Waals surface area contributed by atoms with Gasteiger partial charge in [-0.2, -0.15) is 0 Å². The molecular weight excluding hydrogens is 226 g/mol. The summed E-state index contributed by atoms with van der Waals surface area (Å²) in [6.45, 7) is 5.52. The minimum absolute atomic E-state index is 0.127. The van der Waals surface area contributed by atoms with Gasteiger partial charge in [0.2, 0.25) is 0 Å². The van der Waals surface area contributed by atoms with Crippen LogP contribution in [0.2, 0.25) is 0 Å². The minimum atomic E-state index is -0.720. The molecule has 3 nitrogen and oxygen atoms in total.